The van der Waals surface area contributed by atoms with E-state index in [1.807, 2.05) is 69.3 Å². The molecule has 0 aliphatic carbocycles. The molecular formula is C26H32N2O3SSe. The molecular weight excluding hydrogens is 499 g/mol. The summed E-state index contributed by atoms with van der Waals surface area (Å²) in [5, 5.41) is 0. The monoisotopic (exact) mass is 532 g/mol. The van der Waals surface area contributed by atoms with Crippen molar-refractivity contribution in [3.05, 3.63) is 81.2 Å². The molecule has 3 rings (SSSR count). The molecule has 1 unspecified atom stereocenters. The number of carbonyl (C=O) groups excluding carboxylic acids is 1. The molecule has 1 aromatic heterocycles. The summed E-state index contributed by atoms with van der Waals surface area (Å²) < 4.78 is 22.1. The summed E-state index contributed by atoms with van der Waals surface area (Å²) in [5.74, 6) is 0. The summed E-state index contributed by atoms with van der Waals surface area (Å²) in [6, 6.07) is 20.1. The van der Waals surface area contributed by atoms with Crippen LogP contribution in [0.3, 0.4) is 0 Å². The van der Waals surface area contributed by atoms with Gasteiger partial charge in [-0.2, -0.15) is 0 Å². The van der Waals surface area contributed by atoms with Crippen molar-refractivity contribution in [1.82, 2.24) is 9.62 Å². The number of benzene rings is 2. The fourth-order valence-electron chi connectivity index (χ4n) is 3.21. The predicted molar refractivity (Wildman–Crippen MR) is 136 cm³/mol. The van der Waals surface area contributed by atoms with Gasteiger partial charge in [0.2, 0.25) is 0 Å². The molecule has 0 bridgehead atoms. The fraction of sp³-hybridized carbons (Fsp3) is 0.346. The molecule has 0 aliphatic rings. The minimum absolute atomic E-state index is 0.0432. The van der Waals surface area contributed by atoms with Crippen molar-refractivity contribution >= 4 is 31.6 Å². The predicted octanol–water partition coefficient (Wildman–Crippen LogP) is 5.29. The second kappa shape index (κ2) is 11.3. The first-order chi connectivity index (χ1) is 15.6. The Bertz CT molecular complexity index is 1090. The van der Waals surface area contributed by atoms with Gasteiger partial charge in [0.05, 0.1) is 0 Å². The fourth-order valence-corrected chi connectivity index (χ4v) is 6.10. The van der Waals surface area contributed by atoms with Gasteiger partial charge in [0.15, 0.2) is 0 Å². The average molecular weight is 532 g/mol. The van der Waals surface area contributed by atoms with Gasteiger partial charge in [0, 0.05) is 0 Å². The van der Waals surface area contributed by atoms with Crippen LogP contribution in [0.2, 0.25) is 0 Å². The van der Waals surface area contributed by atoms with Crippen LogP contribution in [0.15, 0.2) is 65.6 Å². The number of amides is 1. The Balaban J connectivity index is 1.68. The third kappa shape index (κ3) is 7.15. The van der Waals surface area contributed by atoms with Crippen LogP contribution in [0, 0.1) is 0 Å². The third-order valence-corrected chi connectivity index (χ3v) is 9.16. The zero-order chi connectivity index (χ0) is 24.0. The van der Waals surface area contributed by atoms with Crippen LogP contribution in [0.4, 0.5) is 4.79 Å². The Morgan fingerprint density at radius 2 is 1.79 bits per heavy atom. The first kappa shape index (κ1) is 25.4. The molecule has 0 spiro atoms. The minimum atomic E-state index is -1.11. The molecule has 0 aliphatic heterocycles. The van der Waals surface area contributed by atoms with E-state index in [4.69, 9.17) is 4.74 Å². The maximum absolute atomic E-state index is 12.5. The SMILES string of the molecule is CC(N[S@](=O)C(C)(C)C)c1cc(-c2ccccc2CN(C)C(=O)OCc2ccccc2)c[se]1. The third-order valence-electron chi connectivity index (χ3n) is 5.14. The summed E-state index contributed by atoms with van der Waals surface area (Å²) in [7, 11) is 0.641. The first-order valence-corrected chi connectivity index (χ1v) is 13.9. The topological polar surface area (TPSA) is 58.6 Å². The van der Waals surface area contributed by atoms with Gasteiger partial charge < -0.3 is 0 Å². The van der Waals surface area contributed by atoms with E-state index < -0.39 is 11.0 Å². The van der Waals surface area contributed by atoms with Crippen LogP contribution in [0.1, 0.15) is 49.3 Å². The Morgan fingerprint density at radius 1 is 1.12 bits per heavy atom. The van der Waals surface area contributed by atoms with Gasteiger partial charge in [-0.05, 0) is 0 Å². The van der Waals surface area contributed by atoms with E-state index in [2.05, 4.69) is 28.7 Å². The number of nitrogens with zero attached hydrogens (tertiary/aromatic N) is 1. The van der Waals surface area contributed by atoms with Gasteiger partial charge in [0.25, 0.3) is 0 Å². The Hall–Kier alpha value is -2.18. The Kier molecular flexibility index (Phi) is 8.71. The quantitative estimate of drug-likeness (QED) is 0.402. The van der Waals surface area contributed by atoms with Crippen molar-refractivity contribution < 1.29 is 13.7 Å². The Morgan fingerprint density at radius 3 is 2.48 bits per heavy atom. The maximum atomic E-state index is 12.5. The molecule has 0 fully saturated rings. The molecule has 7 heteroatoms. The van der Waals surface area contributed by atoms with Crippen molar-refractivity contribution in [2.75, 3.05) is 7.05 Å². The van der Waals surface area contributed by atoms with E-state index in [0.29, 0.717) is 6.54 Å². The number of carbonyl (C=O) groups is 1. The number of rotatable bonds is 8. The summed E-state index contributed by atoms with van der Waals surface area (Å²) in [6.07, 6.45) is -0.350. The number of ether oxygens (including phenoxy) is 1. The standard InChI is InChI=1S/C26H32N2O3SSe/c1-19(27-32(30)26(2,3)4)24-15-22(18-33-24)23-14-10-9-13-21(23)16-28(5)25(29)31-17-20-11-7-6-8-12-20/h6-15,18-19,27H,16-17H2,1-5H3/t19?,32-/m1/s1. The van der Waals surface area contributed by atoms with Crippen molar-refractivity contribution in [2.45, 2.75) is 51.6 Å². The van der Waals surface area contributed by atoms with Crippen LogP contribution in [-0.4, -0.2) is 41.5 Å². The van der Waals surface area contributed by atoms with E-state index in [1.165, 1.54) is 4.44 Å². The van der Waals surface area contributed by atoms with Gasteiger partial charge in [-0.1, -0.05) is 6.07 Å². The van der Waals surface area contributed by atoms with Crippen molar-refractivity contribution in [1.29, 1.82) is 0 Å². The van der Waals surface area contributed by atoms with Crippen molar-refractivity contribution in [2.24, 2.45) is 0 Å². The molecule has 0 saturated carbocycles. The summed E-state index contributed by atoms with van der Waals surface area (Å²) in [5.41, 5.74) is 4.30. The zero-order valence-corrected chi connectivity index (χ0v) is 22.4. The molecule has 33 heavy (non-hydrogen) atoms. The first-order valence-electron chi connectivity index (χ1n) is 10.9. The van der Waals surface area contributed by atoms with E-state index in [9.17, 15) is 9.00 Å². The molecule has 5 nitrogen and oxygen atoms in total. The van der Waals surface area contributed by atoms with Gasteiger partial charge in [0.1, 0.15) is 0 Å². The molecule has 3 aromatic rings. The number of hydrogen-bond acceptors (Lipinski definition) is 3. The second-order valence-corrected chi connectivity index (χ2v) is 13.0. The van der Waals surface area contributed by atoms with Crippen molar-refractivity contribution in [3.63, 3.8) is 0 Å². The molecule has 0 radical (unpaired) electrons. The van der Waals surface area contributed by atoms with Crippen LogP contribution in [-0.2, 0) is 28.9 Å². The normalized spacial score (nSPS) is 13.4. The van der Waals surface area contributed by atoms with Crippen LogP contribution >= 0.6 is 0 Å². The van der Waals surface area contributed by atoms with E-state index in [-0.39, 0.29) is 38.0 Å². The van der Waals surface area contributed by atoms with Crippen molar-refractivity contribution in [3.8, 4) is 11.1 Å². The van der Waals surface area contributed by atoms with Crippen LogP contribution in [0.25, 0.3) is 11.1 Å². The number of hydrogen-bond donors (Lipinski definition) is 1. The summed E-state index contributed by atoms with van der Waals surface area (Å²) >= 11 is 0.192. The van der Waals surface area contributed by atoms with Crippen LogP contribution < -0.4 is 4.72 Å². The second-order valence-electron chi connectivity index (χ2n) is 9.01. The van der Waals surface area contributed by atoms with E-state index in [0.717, 1.165) is 22.3 Å². The van der Waals surface area contributed by atoms with Gasteiger partial charge >= 0.3 is 200 Å². The molecule has 2 atom stereocenters. The Labute approximate surface area is 205 Å². The molecule has 0 saturated heterocycles. The number of nitrogens with one attached hydrogen (secondary N) is 1. The van der Waals surface area contributed by atoms with Gasteiger partial charge in [-0.3, -0.25) is 0 Å². The van der Waals surface area contributed by atoms with Crippen LogP contribution in [0.5, 0.6) is 0 Å². The van der Waals surface area contributed by atoms with E-state index in [1.54, 1.807) is 11.9 Å². The molecule has 176 valence electrons. The van der Waals surface area contributed by atoms with Gasteiger partial charge in [-0.15, -0.1) is 0 Å². The average Bonchev–Trinajstić information content (AvgIpc) is 3.28. The summed E-state index contributed by atoms with van der Waals surface area (Å²) in [4.78, 5) is 16.4. The molecule has 1 heterocycles. The van der Waals surface area contributed by atoms with E-state index >= 15 is 0 Å². The summed E-state index contributed by atoms with van der Waals surface area (Å²) in [6.45, 7) is 8.69. The molecule has 1 amide bonds. The zero-order valence-electron chi connectivity index (χ0n) is 19.8. The molecule has 1 N–H and O–H groups in total. The molecule has 2 aromatic carbocycles. The van der Waals surface area contributed by atoms with Gasteiger partial charge in [-0.25, -0.2) is 0 Å².